The molecule has 0 bridgehead atoms. The Morgan fingerprint density at radius 2 is 1.85 bits per heavy atom. The Morgan fingerprint density at radius 3 is 2.56 bits per heavy atom. The highest BCUT2D eigenvalue weighted by Crippen LogP contribution is 2.19. The lowest BCUT2D eigenvalue weighted by Crippen LogP contribution is -2.32. The second-order valence-electron chi connectivity index (χ2n) is 5.55. The maximum Gasteiger partial charge on any atom is 0.349 e. The Hall–Kier alpha value is -3.19. The molecule has 2 amide bonds. The van der Waals surface area contributed by atoms with Crippen molar-refractivity contribution in [2.24, 2.45) is 0 Å². The molecule has 0 aliphatic carbocycles. The number of halogens is 1. The van der Waals surface area contributed by atoms with Crippen molar-refractivity contribution >= 4 is 44.8 Å². The highest BCUT2D eigenvalue weighted by molar-refractivity contribution is 9.10. The van der Waals surface area contributed by atoms with Gasteiger partial charge in [0.05, 0.1) is 7.11 Å². The standard InChI is InChI=1S/C20H14BrNO5/c1-26-15-6-2-12(3-7-15)4-9-18(23)22-19(24)16-11-13-10-14(21)5-8-17(13)27-20(16)25/h2-11H,1H3,(H,22,23,24)/b9-4-. The van der Waals surface area contributed by atoms with E-state index in [4.69, 9.17) is 9.15 Å². The van der Waals surface area contributed by atoms with Gasteiger partial charge in [-0.3, -0.25) is 14.9 Å². The molecule has 1 heterocycles. The van der Waals surface area contributed by atoms with Gasteiger partial charge in [0.25, 0.3) is 11.8 Å². The first-order valence-electron chi connectivity index (χ1n) is 7.87. The molecule has 0 unspecified atom stereocenters. The highest BCUT2D eigenvalue weighted by Gasteiger charge is 2.15. The summed E-state index contributed by atoms with van der Waals surface area (Å²) in [6.07, 6.45) is 2.75. The molecule has 27 heavy (non-hydrogen) atoms. The topological polar surface area (TPSA) is 85.6 Å². The van der Waals surface area contributed by atoms with Gasteiger partial charge in [0.15, 0.2) is 0 Å². The number of ether oxygens (including phenoxy) is 1. The van der Waals surface area contributed by atoms with Crippen LogP contribution in [0.1, 0.15) is 15.9 Å². The van der Waals surface area contributed by atoms with Gasteiger partial charge in [0, 0.05) is 15.9 Å². The third-order valence-corrected chi connectivity index (χ3v) is 4.21. The number of hydrogen-bond acceptors (Lipinski definition) is 5. The van der Waals surface area contributed by atoms with Gasteiger partial charge in [-0.1, -0.05) is 28.1 Å². The predicted octanol–water partition coefficient (Wildman–Crippen LogP) is 3.53. The Balaban J connectivity index is 1.75. The highest BCUT2D eigenvalue weighted by atomic mass is 79.9. The van der Waals surface area contributed by atoms with Gasteiger partial charge in [-0.05, 0) is 48.0 Å². The largest absolute Gasteiger partial charge is 0.497 e. The molecule has 3 aromatic rings. The number of benzene rings is 2. The van der Waals surface area contributed by atoms with Crippen LogP contribution in [0.5, 0.6) is 5.75 Å². The lowest BCUT2D eigenvalue weighted by Gasteiger charge is -2.03. The van der Waals surface area contributed by atoms with Crippen molar-refractivity contribution in [3.8, 4) is 5.75 Å². The SMILES string of the molecule is COc1ccc(/C=C\C(=O)NC(=O)c2cc3cc(Br)ccc3oc2=O)cc1. The van der Waals surface area contributed by atoms with E-state index < -0.39 is 17.4 Å². The van der Waals surface area contributed by atoms with Crippen LogP contribution in [-0.4, -0.2) is 18.9 Å². The minimum Gasteiger partial charge on any atom is -0.497 e. The minimum atomic E-state index is -0.824. The van der Waals surface area contributed by atoms with Crippen molar-refractivity contribution in [3.63, 3.8) is 0 Å². The summed E-state index contributed by atoms with van der Waals surface area (Å²) in [7, 11) is 1.56. The predicted molar refractivity (Wildman–Crippen MR) is 105 cm³/mol. The summed E-state index contributed by atoms with van der Waals surface area (Å²) in [4.78, 5) is 36.2. The van der Waals surface area contributed by atoms with Crippen LogP contribution in [0, 0.1) is 0 Å². The van der Waals surface area contributed by atoms with Gasteiger partial charge in [0.1, 0.15) is 16.9 Å². The lowest BCUT2D eigenvalue weighted by molar-refractivity contribution is -0.115. The van der Waals surface area contributed by atoms with E-state index in [0.717, 1.165) is 10.0 Å². The molecular weight excluding hydrogens is 414 g/mol. The van der Waals surface area contributed by atoms with Crippen LogP contribution in [0.4, 0.5) is 0 Å². The van der Waals surface area contributed by atoms with Gasteiger partial charge in [-0.25, -0.2) is 4.79 Å². The maximum absolute atomic E-state index is 12.2. The summed E-state index contributed by atoms with van der Waals surface area (Å²) in [6, 6.07) is 13.5. The van der Waals surface area contributed by atoms with Crippen molar-refractivity contribution in [1.82, 2.24) is 5.32 Å². The molecule has 0 atom stereocenters. The van der Waals surface area contributed by atoms with Crippen LogP contribution in [0.15, 0.2) is 68.3 Å². The zero-order valence-electron chi connectivity index (χ0n) is 14.2. The molecule has 0 fully saturated rings. The Morgan fingerprint density at radius 1 is 1.11 bits per heavy atom. The van der Waals surface area contributed by atoms with Crippen molar-refractivity contribution in [1.29, 1.82) is 0 Å². The Labute approximate surface area is 162 Å². The molecule has 2 aromatic carbocycles. The van der Waals surface area contributed by atoms with Crippen molar-refractivity contribution in [2.45, 2.75) is 0 Å². The van der Waals surface area contributed by atoms with Crippen LogP contribution in [0.2, 0.25) is 0 Å². The smallest absolute Gasteiger partial charge is 0.349 e. The molecule has 0 radical (unpaired) electrons. The van der Waals surface area contributed by atoms with Gasteiger partial charge in [0.2, 0.25) is 0 Å². The first-order chi connectivity index (χ1) is 13.0. The number of amides is 2. The summed E-state index contributed by atoms with van der Waals surface area (Å²) in [5, 5.41) is 2.71. The Kier molecular flexibility index (Phi) is 5.52. The number of rotatable bonds is 4. The van der Waals surface area contributed by atoms with Gasteiger partial charge >= 0.3 is 5.63 Å². The minimum absolute atomic E-state index is 0.244. The van der Waals surface area contributed by atoms with E-state index in [-0.39, 0.29) is 5.56 Å². The fraction of sp³-hybridized carbons (Fsp3) is 0.0500. The van der Waals surface area contributed by atoms with E-state index in [2.05, 4.69) is 21.2 Å². The molecule has 0 aliphatic rings. The van der Waals surface area contributed by atoms with Crippen LogP contribution >= 0.6 is 15.9 Å². The van der Waals surface area contributed by atoms with E-state index in [1.165, 1.54) is 12.1 Å². The number of methoxy groups -OCH3 is 1. The number of fused-ring (bicyclic) bond motifs is 1. The molecule has 0 saturated heterocycles. The summed E-state index contributed by atoms with van der Waals surface area (Å²) in [6.45, 7) is 0. The zero-order valence-corrected chi connectivity index (χ0v) is 15.8. The van der Waals surface area contributed by atoms with E-state index in [9.17, 15) is 14.4 Å². The van der Waals surface area contributed by atoms with Crippen LogP contribution in [0.3, 0.4) is 0 Å². The second-order valence-corrected chi connectivity index (χ2v) is 6.47. The summed E-state index contributed by atoms with van der Waals surface area (Å²) in [5.41, 5.74) is 0.0556. The Bertz CT molecular complexity index is 1100. The number of imide groups is 1. The van der Waals surface area contributed by atoms with E-state index >= 15 is 0 Å². The summed E-state index contributed by atoms with van der Waals surface area (Å²) in [5.74, 6) is -0.777. The molecule has 1 N–H and O–H groups in total. The molecule has 0 saturated carbocycles. The maximum atomic E-state index is 12.2. The van der Waals surface area contributed by atoms with Crippen molar-refractivity contribution < 1.29 is 18.7 Å². The van der Waals surface area contributed by atoms with Gasteiger partial charge < -0.3 is 9.15 Å². The first-order valence-corrected chi connectivity index (χ1v) is 8.66. The zero-order chi connectivity index (χ0) is 19.4. The quantitative estimate of drug-likeness (QED) is 0.508. The normalized spacial score (nSPS) is 10.9. The van der Waals surface area contributed by atoms with Crippen LogP contribution < -0.4 is 15.7 Å². The number of carbonyl (C=O) groups is 2. The molecule has 136 valence electrons. The molecule has 1 aromatic heterocycles. The number of nitrogens with one attached hydrogen (secondary N) is 1. The van der Waals surface area contributed by atoms with Crippen LogP contribution in [-0.2, 0) is 4.79 Å². The van der Waals surface area contributed by atoms with E-state index in [0.29, 0.717) is 16.7 Å². The summed E-state index contributed by atoms with van der Waals surface area (Å²) >= 11 is 3.31. The third kappa shape index (κ3) is 4.51. The third-order valence-electron chi connectivity index (χ3n) is 3.72. The average molecular weight is 428 g/mol. The fourth-order valence-corrected chi connectivity index (χ4v) is 2.74. The fourth-order valence-electron chi connectivity index (χ4n) is 2.36. The molecule has 7 heteroatoms. The van der Waals surface area contributed by atoms with E-state index in [1.807, 2.05) is 0 Å². The lowest BCUT2D eigenvalue weighted by atomic mass is 10.1. The average Bonchev–Trinajstić information content (AvgIpc) is 2.66. The monoisotopic (exact) mass is 427 g/mol. The van der Waals surface area contributed by atoms with Crippen molar-refractivity contribution in [2.75, 3.05) is 7.11 Å². The molecule has 0 aliphatic heterocycles. The number of carbonyl (C=O) groups excluding carboxylic acids is 2. The number of hydrogen-bond donors (Lipinski definition) is 1. The van der Waals surface area contributed by atoms with Crippen LogP contribution in [0.25, 0.3) is 17.0 Å². The van der Waals surface area contributed by atoms with Gasteiger partial charge in [-0.2, -0.15) is 0 Å². The molecule has 0 spiro atoms. The van der Waals surface area contributed by atoms with Gasteiger partial charge in [-0.15, -0.1) is 0 Å². The molecule has 3 rings (SSSR count). The summed E-state index contributed by atoms with van der Waals surface area (Å²) < 4.78 is 11.0. The van der Waals surface area contributed by atoms with E-state index in [1.54, 1.807) is 55.7 Å². The first kappa shape index (κ1) is 18.6. The molecular formula is C20H14BrNO5. The van der Waals surface area contributed by atoms with Crippen molar-refractivity contribution in [3.05, 3.63) is 80.6 Å². The second kappa shape index (κ2) is 8.01. The molecule has 6 nitrogen and oxygen atoms in total.